The number of nitrogens with zero attached hydrogens (tertiary/aromatic N) is 2. The number of fused-ring (bicyclic) bond motifs is 1. The van der Waals surface area contributed by atoms with Crippen LogP contribution in [0.1, 0.15) is 17.2 Å². The molecule has 32 heavy (non-hydrogen) atoms. The molecule has 162 valence electrons. The Morgan fingerprint density at radius 2 is 1.81 bits per heavy atom. The van der Waals surface area contributed by atoms with Crippen molar-refractivity contribution in [3.63, 3.8) is 0 Å². The number of rotatable bonds is 7. The fraction of sp³-hybridized carbons (Fsp3) is 0.200. The van der Waals surface area contributed by atoms with Crippen molar-refractivity contribution in [3.8, 4) is 5.75 Å². The van der Waals surface area contributed by atoms with Crippen LogP contribution in [0.15, 0.2) is 83.4 Å². The minimum absolute atomic E-state index is 0.306. The highest BCUT2D eigenvalue weighted by Crippen LogP contribution is 2.35. The normalized spacial score (nSPS) is 16.8. The van der Waals surface area contributed by atoms with Crippen molar-refractivity contribution in [1.82, 2.24) is 5.16 Å². The molecule has 1 fully saturated rings. The molecule has 2 atom stereocenters. The molecule has 5 rings (SSSR count). The van der Waals surface area contributed by atoms with Crippen LogP contribution in [0.4, 0.5) is 10.6 Å². The van der Waals surface area contributed by atoms with Crippen molar-refractivity contribution in [3.05, 3.63) is 90.0 Å². The van der Waals surface area contributed by atoms with Gasteiger partial charge in [0, 0.05) is 13.2 Å². The predicted octanol–water partition coefficient (Wildman–Crippen LogP) is 5.12. The van der Waals surface area contributed by atoms with Gasteiger partial charge in [0.05, 0.1) is 11.9 Å². The summed E-state index contributed by atoms with van der Waals surface area (Å²) in [5.41, 5.74) is 2.55. The Labute approximate surface area is 185 Å². The molecule has 1 aliphatic rings. The van der Waals surface area contributed by atoms with Crippen LogP contribution in [0.25, 0.3) is 11.0 Å². The number of ether oxygens (including phenoxy) is 3. The quantitative estimate of drug-likeness (QED) is 0.405. The van der Waals surface area contributed by atoms with Gasteiger partial charge in [0.1, 0.15) is 18.5 Å². The van der Waals surface area contributed by atoms with E-state index in [9.17, 15) is 4.79 Å². The number of amides is 1. The van der Waals surface area contributed by atoms with E-state index >= 15 is 0 Å². The summed E-state index contributed by atoms with van der Waals surface area (Å²) in [6.45, 7) is 0.755. The minimum Gasteiger partial charge on any atom is -0.489 e. The molecular formula is C25H22N2O5. The zero-order valence-corrected chi connectivity index (χ0v) is 17.5. The summed E-state index contributed by atoms with van der Waals surface area (Å²) in [4.78, 5) is 14.1. The first-order chi connectivity index (χ1) is 15.7. The number of hydrogen-bond donors (Lipinski definition) is 0. The lowest BCUT2D eigenvalue weighted by molar-refractivity contribution is 0.000223. The van der Waals surface area contributed by atoms with Crippen LogP contribution in [0, 0.1) is 0 Å². The van der Waals surface area contributed by atoms with Gasteiger partial charge in [-0.1, -0.05) is 65.8 Å². The molecule has 0 radical (unpaired) electrons. The van der Waals surface area contributed by atoms with E-state index in [-0.39, 0.29) is 6.10 Å². The topological polar surface area (TPSA) is 74.0 Å². The van der Waals surface area contributed by atoms with E-state index in [0.29, 0.717) is 35.7 Å². The third kappa shape index (κ3) is 3.90. The second-order valence-electron chi connectivity index (χ2n) is 7.54. The molecule has 0 saturated carbocycles. The summed E-state index contributed by atoms with van der Waals surface area (Å²) >= 11 is 0. The molecule has 1 amide bonds. The Morgan fingerprint density at radius 3 is 2.56 bits per heavy atom. The van der Waals surface area contributed by atoms with E-state index in [1.54, 1.807) is 13.2 Å². The van der Waals surface area contributed by atoms with Gasteiger partial charge in [-0.3, -0.25) is 4.90 Å². The Hall–Kier alpha value is -3.84. The van der Waals surface area contributed by atoms with Gasteiger partial charge < -0.3 is 18.7 Å². The average molecular weight is 430 g/mol. The largest absolute Gasteiger partial charge is 0.489 e. The molecule has 1 aliphatic heterocycles. The molecular weight excluding hydrogens is 408 g/mol. The standard InChI is InChI=1S/C25H22N2O5/c1-29-23(18-10-6-3-7-11-18)22-15-27(25(28)31-22)24-20-13-12-19(14-21(20)32-26-24)30-16-17-8-4-2-5-9-17/h2-14,22-23H,15-16H2,1H3/t22-,23?/m0/s1. The van der Waals surface area contributed by atoms with E-state index in [2.05, 4.69) is 5.16 Å². The molecule has 1 unspecified atom stereocenters. The summed E-state index contributed by atoms with van der Waals surface area (Å²) < 4.78 is 22.6. The van der Waals surface area contributed by atoms with Crippen LogP contribution in [-0.2, 0) is 16.1 Å². The summed E-state index contributed by atoms with van der Waals surface area (Å²) in [6, 6.07) is 25.1. The van der Waals surface area contributed by atoms with Gasteiger partial charge in [-0.05, 0) is 23.3 Å². The van der Waals surface area contributed by atoms with Gasteiger partial charge in [0.2, 0.25) is 0 Å². The second kappa shape index (κ2) is 8.72. The van der Waals surface area contributed by atoms with E-state index in [1.807, 2.05) is 72.8 Å². The number of aromatic nitrogens is 1. The maximum absolute atomic E-state index is 12.6. The van der Waals surface area contributed by atoms with Crippen molar-refractivity contribution in [1.29, 1.82) is 0 Å². The highest BCUT2D eigenvalue weighted by Gasteiger charge is 2.40. The zero-order valence-electron chi connectivity index (χ0n) is 17.5. The molecule has 0 spiro atoms. The van der Waals surface area contributed by atoms with Crippen LogP contribution in [-0.4, -0.2) is 31.0 Å². The Balaban J connectivity index is 1.33. The van der Waals surface area contributed by atoms with Gasteiger partial charge in [-0.25, -0.2) is 4.79 Å². The Kier molecular flexibility index (Phi) is 5.47. The van der Waals surface area contributed by atoms with Gasteiger partial charge in [-0.15, -0.1) is 0 Å². The lowest BCUT2D eigenvalue weighted by Gasteiger charge is -2.20. The molecule has 3 aromatic carbocycles. The van der Waals surface area contributed by atoms with Gasteiger partial charge >= 0.3 is 6.09 Å². The van der Waals surface area contributed by atoms with Crippen molar-refractivity contribution >= 4 is 22.9 Å². The van der Waals surface area contributed by atoms with Gasteiger partial charge in [-0.2, -0.15) is 0 Å². The molecule has 2 heterocycles. The molecule has 7 heteroatoms. The monoisotopic (exact) mass is 430 g/mol. The number of cyclic esters (lactones) is 1. The fourth-order valence-corrected chi connectivity index (χ4v) is 3.89. The number of hydrogen-bond acceptors (Lipinski definition) is 6. The van der Waals surface area contributed by atoms with Crippen molar-refractivity contribution in [2.45, 2.75) is 18.8 Å². The summed E-state index contributed by atoms with van der Waals surface area (Å²) in [7, 11) is 1.61. The summed E-state index contributed by atoms with van der Waals surface area (Å²) in [5, 5.41) is 4.84. The highest BCUT2D eigenvalue weighted by atomic mass is 16.6. The van der Waals surface area contributed by atoms with E-state index in [0.717, 1.165) is 11.1 Å². The van der Waals surface area contributed by atoms with Gasteiger partial charge in [0.25, 0.3) is 0 Å². The number of carbonyl (C=O) groups excluding carboxylic acids is 1. The first kappa shape index (κ1) is 20.1. The Morgan fingerprint density at radius 1 is 1.06 bits per heavy atom. The van der Waals surface area contributed by atoms with Crippen LogP contribution < -0.4 is 9.64 Å². The second-order valence-corrected chi connectivity index (χ2v) is 7.54. The number of methoxy groups -OCH3 is 1. The van der Waals surface area contributed by atoms with Crippen LogP contribution in [0.3, 0.4) is 0 Å². The zero-order chi connectivity index (χ0) is 21.9. The predicted molar refractivity (Wildman–Crippen MR) is 119 cm³/mol. The lowest BCUT2D eigenvalue weighted by atomic mass is 10.0. The minimum atomic E-state index is -0.479. The molecule has 1 aromatic heterocycles. The van der Waals surface area contributed by atoms with Crippen LogP contribution in [0.5, 0.6) is 5.75 Å². The van der Waals surface area contributed by atoms with Crippen molar-refractivity contribution in [2.24, 2.45) is 0 Å². The first-order valence-electron chi connectivity index (χ1n) is 10.3. The maximum Gasteiger partial charge on any atom is 0.416 e. The Bertz CT molecular complexity index is 1210. The van der Waals surface area contributed by atoms with E-state index in [1.165, 1.54) is 4.90 Å². The molecule has 0 N–H and O–H groups in total. The smallest absolute Gasteiger partial charge is 0.416 e. The highest BCUT2D eigenvalue weighted by molar-refractivity contribution is 5.99. The SMILES string of the molecule is COC(c1ccccc1)[C@@H]1CN(c2noc3cc(OCc4ccccc4)ccc23)C(=O)O1. The number of carbonyl (C=O) groups is 1. The molecule has 4 aromatic rings. The van der Waals surface area contributed by atoms with Crippen LogP contribution in [0.2, 0.25) is 0 Å². The molecule has 1 saturated heterocycles. The lowest BCUT2D eigenvalue weighted by Crippen LogP contribution is -2.28. The van der Waals surface area contributed by atoms with E-state index in [4.69, 9.17) is 18.7 Å². The van der Waals surface area contributed by atoms with Crippen molar-refractivity contribution < 1.29 is 23.5 Å². The fourth-order valence-electron chi connectivity index (χ4n) is 3.89. The average Bonchev–Trinajstić information content (AvgIpc) is 3.42. The molecule has 0 aliphatic carbocycles. The third-order valence-electron chi connectivity index (χ3n) is 5.48. The van der Waals surface area contributed by atoms with E-state index < -0.39 is 12.2 Å². The molecule has 7 nitrogen and oxygen atoms in total. The summed E-state index contributed by atoms with van der Waals surface area (Å²) in [5.74, 6) is 1.08. The third-order valence-corrected chi connectivity index (χ3v) is 5.48. The summed E-state index contributed by atoms with van der Waals surface area (Å²) in [6.07, 6.45) is -1.32. The number of anilines is 1. The maximum atomic E-state index is 12.6. The van der Waals surface area contributed by atoms with Gasteiger partial charge in [0.15, 0.2) is 17.5 Å². The van der Waals surface area contributed by atoms with Crippen molar-refractivity contribution in [2.75, 3.05) is 18.6 Å². The van der Waals surface area contributed by atoms with Crippen LogP contribution >= 0.6 is 0 Å². The number of benzene rings is 3. The molecule has 0 bridgehead atoms. The first-order valence-corrected chi connectivity index (χ1v) is 10.3.